The molecule has 1 saturated carbocycles. The van der Waals surface area contributed by atoms with Crippen LogP contribution in [0.4, 0.5) is 11.4 Å². The van der Waals surface area contributed by atoms with Crippen LogP contribution in [-0.2, 0) is 16.0 Å². The largest absolute Gasteiger partial charge is 0.495 e. The Balaban J connectivity index is 1.80. The molecule has 1 fully saturated rings. The number of carbonyl (C=O) groups excluding carboxylic acids is 2. The molecule has 142 valence electrons. The van der Waals surface area contributed by atoms with Crippen molar-refractivity contribution in [3.63, 3.8) is 0 Å². The topological polar surface area (TPSA) is 67.4 Å². The summed E-state index contributed by atoms with van der Waals surface area (Å²) in [4.78, 5) is 25.9. The maximum absolute atomic E-state index is 13.0. The molecular weight excluding hydrogens is 340 g/mol. The van der Waals surface area contributed by atoms with E-state index in [1.54, 1.807) is 7.11 Å². The minimum Gasteiger partial charge on any atom is -0.495 e. The Morgan fingerprint density at radius 3 is 2.41 bits per heavy atom. The van der Waals surface area contributed by atoms with Crippen LogP contribution in [0.15, 0.2) is 36.4 Å². The second-order valence-corrected chi connectivity index (χ2v) is 7.16. The van der Waals surface area contributed by atoms with Crippen molar-refractivity contribution >= 4 is 23.2 Å². The monoisotopic (exact) mass is 366 g/mol. The van der Waals surface area contributed by atoms with Gasteiger partial charge in [0.25, 0.3) is 0 Å². The SMILES string of the molecule is CCc1cccc(C)c1NC(=O)C1(C(=O)Nc2cc(C)ccc2OC)CC1. The van der Waals surface area contributed by atoms with Crippen LogP contribution in [0.1, 0.15) is 36.5 Å². The van der Waals surface area contributed by atoms with Gasteiger partial charge in [0, 0.05) is 5.69 Å². The molecule has 2 N–H and O–H groups in total. The lowest BCUT2D eigenvalue weighted by molar-refractivity contribution is -0.131. The van der Waals surface area contributed by atoms with Crippen molar-refractivity contribution in [1.82, 2.24) is 0 Å². The minimum absolute atomic E-state index is 0.240. The molecule has 3 rings (SSSR count). The van der Waals surface area contributed by atoms with Crippen molar-refractivity contribution in [3.8, 4) is 5.75 Å². The van der Waals surface area contributed by atoms with Crippen molar-refractivity contribution in [2.24, 2.45) is 5.41 Å². The molecule has 1 aliphatic carbocycles. The second-order valence-electron chi connectivity index (χ2n) is 7.16. The summed E-state index contributed by atoms with van der Waals surface area (Å²) in [6.07, 6.45) is 1.91. The standard InChI is InChI=1S/C22H26N2O3/c1-5-16-8-6-7-15(3)19(16)24-21(26)22(11-12-22)20(25)23-17-13-14(2)9-10-18(17)27-4/h6-10,13H,5,11-12H2,1-4H3,(H,23,25)(H,24,26). The number of amides is 2. The van der Waals surface area contributed by atoms with E-state index in [-0.39, 0.29) is 11.8 Å². The number of methoxy groups -OCH3 is 1. The summed E-state index contributed by atoms with van der Waals surface area (Å²) < 4.78 is 5.32. The molecule has 0 aromatic heterocycles. The molecule has 0 spiro atoms. The van der Waals surface area contributed by atoms with E-state index in [0.29, 0.717) is 24.3 Å². The van der Waals surface area contributed by atoms with Crippen molar-refractivity contribution in [2.75, 3.05) is 17.7 Å². The summed E-state index contributed by atoms with van der Waals surface area (Å²) >= 11 is 0. The third-order valence-electron chi connectivity index (χ3n) is 5.20. The zero-order valence-corrected chi connectivity index (χ0v) is 16.3. The van der Waals surface area contributed by atoms with Crippen LogP contribution < -0.4 is 15.4 Å². The maximum Gasteiger partial charge on any atom is 0.240 e. The van der Waals surface area contributed by atoms with Crippen molar-refractivity contribution < 1.29 is 14.3 Å². The number of ether oxygens (including phenoxy) is 1. The Bertz CT molecular complexity index is 885. The summed E-state index contributed by atoms with van der Waals surface area (Å²) in [5.41, 5.74) is 3.47. The number of aryl methyl sites for hydroxylation is 3. The summed E-state index contributed by atoms with van der Waals surface area (Å²) in [5.74, 6) is 0.0588. The van der Waals surface area contributed by atoms with Gasteiger partial charge in [0.15, 0.2) is 0 Å². The maximum atomic E-state index is 13.0. The number of rotatable bonds is 6. The van der Waals surface area contributed by atoms with Gasteiger partial charge in [0.1, 0.15) is 11.2 Å². The van der Waals surface area contributed by atoms with Crippen LogP contribution in [0, 0.1) is 19.3 Å². The van der Waals surface area contributed by atoms with Crippen molar-refractivity contribution in [1.29, 1.82) is 0 Å². The fourth-order valence-corrected chi connectivity index (χ4v) is 3.28. The van der Waals surface area contributed by atoms with Gasteiger partial charge in [-0.25, -0.2) is 0 Å². The quantitative estimate of drug-likeness (QED) is 0.752. The molecule has 0 bridgehead atoms. The minimum atomic E-state index is -1.01. The van der Waals surface area contributed by atoms with Crippen LogP contribution in [0.2, 0.25) is 0 Å². The van der Waals surface area contributed by atoms with Gasteiger partial charge in [0.2, 0.25) is 11.8 Å². The highest BCUT2D eigenvalue weighted by Crippen LogP contribution is 2.48. The first-order valence-electron chi connectivity index (χ1n) is 9.27. The number of hydrogen-bond acceptors (Lipinski definition) is 3. The Morgan fingerprint density at radius 2 is 1.78 bits per heavy atom. The molecule has 0 radical (unpaired) electrons. The molecule has 0 saturated heterocycles. The molecule has 2 amide bonds. The predicted octanol–water partition coefficient (Wildman–Crippen LogP) is 4.23. The highest BCUT2D eigenvalue weighted by atomic mass is 16.5. The first-order valence-corrected chi connectivity index (χ1v) is 9.27. The molecule has 2 aromatic carbocycles. The smallest absolute Gasteiger partial charge is 0.240 e. The highest BCUT2D eigenvalue weighted by molar-refractivity contribution is 6.17. The van der Waals surface area contributed by atoms with E-state index in [0.717, 1.165) is 28.8 Å². The molecular formula is C22H26N2O3. The molecule has 5 heteroatoms. The van der Waals surface area contributed by atoms with E-state index < -0.39 is 5.41 Å². The van der Waals surface area contributed by atoms with Crippen LogP contribution in [-0.4, -0.2) is 18.9 Å². The average molecular weight is 366 g/mol. The normalized spacial score (nSPS) is 14.4. The fourth-order valence-electron chi connectivity index (χ4n) is 3.28. The number of nitrogens with one attached hydrogen (secondary N) is 2. The zero-order chi connectivity index (χ0) is 19.6. The lowest BCUT2D eigenvalue weighted by Gasteiger charge is -2.19. The van der Waals surface area contributed by atoms with Gasteiger partial charge in [-0.05, 0) is 61.9 Å². The van der Waals surface area contributed by atoms with Gasteiger partial charge < -0.3 is 15.4 Å². The molecule has 27 heavy (non-hydrogen) atoms. The molecule has 1 aliphatic rings. The van der Waals surface area contributed by atoms with E-state index in [9.17, 15) is 9.59 Å². The van der Waals surface area contributed by atoms with Crippen molar-refractivity contribution in [3.05, 3.63) is 53.1 Å². The Labute approximate surface area is 160 Å². The van der Waals surface area contributed by atoms with Crippen LogP contribution in [0.5, 0.6) is 5.75 Å². The zero-order valence-electron chi connectivity index (χ0n) is 16.3. The highest BCUT2D eigenvalue weighted by Gasteiger charge is 2.56. The summed E-state index contributed by atoms with van der Waals surface area (Å²) in [5, 5.41) is 5.90. The van der Waals surface area contributed by atoms with E-state index in [1.165, 1.54) is 0 Å². The van der Waals surface area contributed by atoms with Crippen LogP contribution in [0.3, 0.4) is 0 Å². The molecule has 2 aromatic rings. The van der Waals surface area contributed by atoms with Crippen molar-refractivity contribution in [2.45, 2.75) is 40.0 Å². The van der Waals surface area contributed by atoms with Gasteiger partial charge in [-0.3, -0.25) is 9.59 Å². The average Bonchev–Trinajstić information content (AvgIpc) is 3.45. The second kappa shape index (κ2) is 7.43. The van der Waals surface area contributed by atoms with E-state index in [2.05, 4.69) is 10.6 Å². The van der Waals surface area contributed by atoms with Crippen LogP contribution >= 0.6 is 0 Å². The van der Waals surface area contributed by atoms with Gasteiger partial charge >= 0.3 is 0 Å². The van der Waals surface area contributed by atoms with E-state index in [4.69, 9.17) is 4.74 Å². The Hall–Kier alpha value is -2.82. The molecule has 0 atom stereocenters. The Kier molecular flexibility index (Phi) is 5.22. The fraction of sp³-hybridized carbons (Fsp3) is 0.364. The van der Waals surface area contributed by atoms with Gasteiger partial charge in [-0.15, -0.1) is 0 Å². The Morgan fingerprint density at radius 1 is 1.07 bits per heavy atom. The third-order valence-corrected chi connectivity index (χ3v) is 5.20. The predicted molar refractivity (Wildman–Crippen MR) is 107 cm³/mol. The number of anilines is 2. The van der Waals surface area contributed by atoms with E-state index >= 15 is 0 Å². The first kappa shape index (κ1) is 19.0. The summed E-state index contributed by atoms with van der Waals surface area (Å²) in [6, 6.07) is 11.5. The number of para-hydroxylation sites is 1. The molecule has 0 heterocycles. The number of hydrogen-bond donors (Lipinski definition) is 2. The van der Waals surface area contributed by atoms with Crippen LogP contribution in [0.25, 0.3) is 0 Å². The van der Waals surface area contributed by atoms with Gasteiger partial charge in [0.05, 0.1) is 12.8 Å². The summed E-state index contributed by atoms with van der Waals surface area (Å²) in [6.45, 7) is 5.96. The lowest BCUT2D eigenvalue weighted by Crippen LogP contribution is -2.36. The summed E-state index contributed by atoms with van der Waals surface area (Å²) in [7, 11) is 1.56. The van der Waals surface area contributed by atoms with Gasteiger partial charge in [-0.2, -0.15) is 0 Å². The molecule has 0 unspecified atom stereocenters. The number of carbonyl (C=O) groups is 2. The first-order chi connectivity index (χ1) is 12.9. The van der Waals surface area contributed by atoms with E-state index in [1.807, 2.05) is 57.2 Å². The third kappa shape index (κ3) is 3.68. The molecule has 5 nitrogen and oxygen atoms in total. The number of benzene rings is 2. The molecule has 0 aliphatic heterocycles. The lowest BCUT2D eigenvalue weighted by atomic mass is 10.0. The van der Waals surface area contributed by atoms with Gasteiger partial charge in [-0.1, -0.05) is 31.2 Å².